The Hall–Kier alpha value is -2.18. The normalized spacial score (nSPS) is 14.9. The minimum absolute atomic E-state index is 0.0624. The fourth-order valence-corrected chi connectivity index (χ4v) is 3.42. The van der Waals surface area contributed by atoms with Gasteiger partial charge < -0.3 is 10.2 Å². The lowest BCUT2D eigenvalue weighted by atomic mass is 10.0. The van der Waals surface area contributed by atoms with Gasteiger partial charge in [0.2, 0.25) is 0 Å². The van der Waals surface area contributed by atoms with E-state index in [1.54, 1.807) is 4.90 Å². The first-order chi connectivity index (χ1) is 12.8. The highest BCUT2D eigenvalue weighted by atomic mass is 35.5. The van der Waals surface area contributed by atoms with E-state index in [0.717, 1.165) is 6.07 Å². The average Bonchev–Trinajstić information content (AvgIpc) is 2.65. The Balaban J connectivity index is 1.58. The topological polar surface area (TPSA) is 49.4 Å². The van der Waals surface area contributed by atoms with Crippen LogP contribution in [0.2, 0.25) is 10.0 Å². The number of nitrogens with one attached hydrogen (secondary N) is 1. The van der Waals surface area contributed by atoms with E-state index >= 15 is 0 Å². The maximum atomic E-state index is 13.6. The summed E-state index contributed by atoms with van der Waals surface area (Å²) in [5.41, 5.74) is 0.436. The zero-order valence-electron chi connectivity index (χ0n) is 14.1. The van der Waals surface area contributed by atoms with Gasteiger partial charge in [0.15, 0.2) is 0 Å². The maximum Gasteiger partial charge on any atom is 0.255 e. The third-order valence-electron chi connectivity index (χ3n) is 4.46. The number of hydrogen-bond acceptors (Lipinski definition) is 2. The molecule has 0 saturated carbocycles. The zero-order valence-corrected chi connectivity index (χ0v) is 15.7. The van der Waals surface area contributed by atoms with Crippen molar-refractivity contribution < 1.29 is 18.4 Å². The largest absolute Gasteiger partial charge is 0.349 e. The second kappa shape index (κ2) is 8.23. The summed E-state index contributed by atoms with van der Waals surface area (Å²) in [6, 6.07) is 7.43. The molecule has 2 amide bonds. The molecule has 27 heavy (non-hydrogen) atoms. The number of nitrogens with zero attached hydrogens (tertiary/aromatic N) is 1. The third kappa shape index (κ3) is 4.57. The molecule has 1 N–H and O–H groups in total. The minimum atomic E-state index is -0.703. The Morgan fingerprint density at radius 2 is 1.63 bits per heavy atom. The molecule has 0 bridgehead atoms. The number of likely N-dealkylation sites (tertiary alicyclic amines) is 1. The second-order valence-corrected chi connectivity index (χ2v) is 7.11. The molecule has 1 fully saturated rings. The standard InChI is InChI=1S/C19H16Cl2F2N2O2/c20-15-10-16(21)17(23)9-14(15)19(27)25-7-5-13(6-8-25)24-18(26)11-1-3-12(22)4-2-11/h1-4,9-10,13H,5-8H2,(H,24,26). The summed E-state index contributed by atoms with van der Waals surface area (Å²) in [5.74, 6) is -1.77. The van der Waals surface area contributed by atoms with Gasteiger partial charge in [-0.3, -0.25) is 9.59 Å². The molecule has 0 aromatic heterocycles. The van der Waals surface area contributed by atoms with E-state index in [4.69, 9.17) is 23.2 Å². The van der Waals surface area contributed by atoms with E-state index in [0.29, 0.717) is 31.5 Å². The number of halogens is 4. The molecular weight excluding hydrogens is 397 g/mol. The van der Waals surface area contributed by atoms with Crippen LogP contribution in [0, 0.1) is 11.6 Å². The van der Waals surface area contributed by atoms with Crippen LogP contribution >= 0.6 is 23.2 Å². The number of rotatable bonds is 3. The van der Waals surface area contributed by atoms with Crippen LogP contribution in [0.15, 0.2) is 36.4 Å². The predicted molar refractivity (Wildman–Crippen MR) is 99.2 cm³/mol. The summed E-state index contributed by atoms with van der Waals surface area (Å²) in [6.07, 6.45) is 1.10. The first-order valence-corrected chi connectivity index (χ1v) is 9.11. The smallest absolute Gasteiger partial charge is 0.255 e. The zero-order chi connectivity index (χ0) is 19.6. The highest BCUT2D eigenvalue weighted by Crippen LogP contribution is 2.26. The highest BCUT2D eigenvalue weighted by molar-refractivity contribution is 6.36. The van der Waals surface area contributed by atoms with Crippen molar-refractivity contribution in [2.24, 2.45) is 0 Å². The molecule has 0 aliphatic carbocycles. The number of carbonyl (C=O) groups excluding carboxylic acids is 2. The SMILES string of the molecule is O=C(NC1CCN(C(=O)c2cc(F)c(Cl)cc2Cl)CC1)c1ccc(F)cc1. The summed E-state index contributed by atoms with van der Waals surface area (Å²) >= 11 is 11.7. The van der Waals surface area contributed by atoms with Gasteiger partial charge >= 0.3 is 0 Å². The number of carbonyl (C=O) groups is 2. The molecule has 142 valence electrons. The van der Waals surface area contributed by atoms with Gasteiger partial charge in [-0.1, -0.05) is 23.2 Å². The lowest BCUT2D eigenvalue weighted by molar-refractivity contribution is 0.0698. The number of amides is 2. The van der Waals surface area contributed by atoms with Crippen LogP contribution in [0.5, 0.6) is 0 Å². The summed E-state index contributed by atoms with van der Waals surface area (Å²) in [7, 11) is 0. The van der Waals surface area contributed by atoms with Crippen LogP contribution in [-0.2, 0) is 0 Å². The van der Waals surface area contributed by atoms with E-state index in [1.807, 2.05) is 0 Å². The van der Waals surface area contributed by atoms with Crippen molar-refractivity contribution >= 4 is 35.0 Å². The van der Waals surface area contributed by atoms with Gasteiger partial charge in [-0.05, 0) is 49.2 Å². The quantitative estimate of drug-likeness (QED) is 0.763. The molecular formula is C19H16Cl2F2N2O2. The first kappa shape index (κ1) is 19.6. The predicted octanol–water partition coefficient (Wildman–Crippen LogP) is 4.31. The van der Waals surface area contributed by atoms with E-state index in [9.17, 15) is 18.4 Å². The Labute approximate surface area is 165 Å². The molecule has 4 nitrogen and oxygen atoms in total. The van der Waals surface area contributed by atoms with E-state index in [-0.39, 0.29) is 33.5 Å². The Morgan fingerprint density at radius 1 is 1.00 bits per heavy atom. The molecule has 0 atom stereocenters. The van der Waals surface area contributed by atoms with Crippen LogP contribution < -0.4 is 5.32 Å². The van der Waals surface area contributed by atoms with Gasteiger partial charge in [-0.15, -0.1) is 0 Å². The molecule has 2 aromatic carbocycles. The average molecular weight is 413 g/mol. The molecule has 1 heterocycles. The van der Waals surface area contributed by atoms with Crippen molar-refractivity contribution in [2.75, 3.05) is 13.1 Å². The van der Waals surface area contributed by atoms with Crippen molar-refractivity contribution in [3.05, 3.63) is 69.2 Å². The monoisotopic (exact) mass is 412 g/mol. The number of benzene rings is 2. The molecule has 1 aliphatic rings. The molecule has 2 aromatic rings. The van der Waals surface area contributed by atoms with Gasteiger partial charge in [0, 0.05) is 24.7 Å². The summed E-state index contributed by atoms with van der Waals surface area (Å²) in [4.78, 5) is 26.3. The van der Waals surface area contributed by atoms with Gasteiger partial charge in [0.25, 0.3) is 11.8 Å². The molecule has 0 spiro atoms. The minimum Gasteiger partial charge on any atom is -0.349 e. The summed E-state index contributed by atoms with van der Waals surface area (Å²) in [5, 5.41) is 2.83. The summed E-state index contributed by atoms with van der Waals surface area (Å²) < 4.78 is 26.6. The van der Waals surface area contributed by atoms with Gasteiger partial charge in [-0.25, -0.2) is 8.78 Å². The second-order valence-electron chi connectivity index (χ2n) is 6.29. The van der Waals surface area contributed by atoms with Crippen molar-refractivity contribution in [2.45, 2.75) is 18.9 Å². The van der Waals surface area contributed by atoms with Crippen molar-refractivity contribution in [1.29, 1.82) is 0 Å². The van der Waals surface area contributed by atoms with Crippen molar-refractivity contribution in [3.63, 3.8) is 0 Å². The first-order valence-electron chi connectivity index (χ1n) is 8.35. The molecule has 0 radical (unpaired) electrons. The van der Waals surface area contributed by atoms with Crippen LogP contribution in [-0.4, -0.2) is 35.8 Å². The van der Waals surface area contributed by atoms with Gasteiger partial charge in [0.1, 0.15) is 11.6 Å². The Bertz CT molecular complexity index is 867. The molecule has 0 unspecified atom stereocenters. The molecule has 3 rings (SSSR count). The lowest BCUT2D eigenvalue weighted by Gasteiger charge is -2.32. The maximum absolute atomic E-state index is 13.6. The number of hydrogen-bond donors (Lipinski definition) is 1. The Kier molecular flexibility index (Phi) is 5.97. The van der Waals surface area contributed by atoms with E-state index in [2.05, 4.69) is 5.32 Å². The molecule has 1 saturated heterocycles. The molecule has 1 aliphatic heterocycles. The third-order valence-corrected chi connectivity index (χ3v) is 5.07. The van der Waals surface area contributed by atoms with Crippen LogP contribution in [0.25, 0.3) is 0 Å². The van der Waals surface area contributed by atoms with Crippen LogP contribution in [0.4, 0.5) is 8.78 Å². The Morgan fingerprint density at radius 3 is 2.26 bits per heavy atom. The van der Waals surface area contributed by atoms with Crippen LogP contribution in [0.3, 0.4) is 0 Å². The summed E-state index contributed by atoms with van der Waals surface area (Å²) in [6.45, 7) is 0.793. The van der Waals surface area contributed by atoms with Gasteiger partial charge in [-0.2, -0.15) is 0 Å². The van der Waals surface area contributed by atoms with E-state index in [1.165, 1.54) is 30.3 Å². The van der Waals surface area contributed by atoms with Crippen molar-refractivity contribution in [3.8, 4) is 0 Å². The number of piperidine rings is 1. The molecule has 8 heteroatoms. The fourth-order valence-electron chi connectivity index (χ4n) is 2.95. The lowest BCUT2D eigenvalue weighted by Crippen LogP contribution is -2.46. The van der Waals surface area contributed by atoms with Crippen molar-refractivity contribution in [1.82, 2.24) is 10.2 Å². The van der Waals surface area contributed by atoms with Gasteiger partial charge in [0.05, 0.1) is 15.6 Å². The highest BCUT2D eigenvalue weighted by Gasteiger charge is 2.26. The van der Waals surface area contributed by atoms with Crippen LogP contribution in [0.1, 0.15) is 33.6 Å². The fraction of sp³-hybridized carbons (Fsp3) is 0.263. The van der Waals surface area contributed by atoms with E-state index < -0.39 is 11.6 Å².